The summed E-state index contributed by atoms with van der Waals surface area (Å²) in [5, 5.41) is 17.3. The van der Waals surface area contributed by atoms with Crippen LogP contribution >= 0.6 is 0 Å². The highest BCUT2D eigenvalue weighted by molar-refractivity contribution is 5.90. The van der Waals surface area contributed by atoms with Gasteiger partial charge in [0.2, 0.25) is 11.8 Å². The number of H-pyrrole nitrogens is 1. The van der Waals surface area contributed by atoms with Crippen LogP contribution in [0.4, 0.5) is 5.95 Å². The first-order chi connectivity index (χ1) is 7.13. The Bertz CT molecular complexity index is 325. The van der Waals surface area contributed by atoms with E-state index in [1.807, 2.05) is 6.92 Å². The normalized spacial score (nSPS) is 12.4. The summed E-state index contributed by atoms with van der Waals surface area (Å²) in [5.74, 6) is -0.198. The second-order valence-corrected chi connectivity index (χ2v) is 3.28. The van der Waals surface area contributed by atoms with E-state index in [0.717, 1.165) is 0 Å². The van der Waals surface area contributed by atoms with Crippen molar-refractivity contribution in [2.24, 2.45) is 0 Å². The smallest absolute Gasteiger partial charge is 0.288 e. The molecule has 0 spiro atoms. The first-order valence-electron chi connectivity index (χ1n) is 4.73. The molecule has 0 radical (unpaired) electrons. The first kappa shape index (κ1) is 11.4. The van der Waals surface area contributed by atoms with Crippen LogP contribution in [0.25, 0.3) is 0 Å². The Morgan fingerprint density at radius 1 is 1.73 bits per heavy atom. The van der Waals surface area contributed by atoms with Gasteiger partial charge in [0.25, 0.3) is 5.91 Å². The van der Waals surface area contributed by atoms with Gasteiger partial charge in [-0.05, 0) is 19.8 Å². The molecule has 0 saturated carbocycles. The molecule has 5 N–H and O–H groups in total. The molecule has 0 aliphatic carbocycles. The highest BCUT2D eigenvalue weighted by Crippen LogP contribution is 1.98. The minimum absolute atomic E-state index is 0.0176. The van der Waals surface area contributed by atoms with Gasteiger partial charge in [-0.1, -0.05) is 0 Å². The Morgan fingerprint density at radius 3 is 3.00 bits per heavy atom. The van der Waals surface area contributed by atoms with E-state index in [9.17, 15) is 4.79 Å². The second kappa shape index (κ2) is 5.30. The quantitative estimate of drug-likeness (QED) is 0.515. The summed E-state index contributed by atoms with van der Waals surface area (Å²) in [6.07, 6.45) is 1.37. The van der Waals surface area contributed by atoms with Gasteiger partial charge in [0.1, 0.15) is 0 Å². The fourth-order valence-electron chi connectivity index (χ4n) is 1.14. The number of aliphatic hydroxyl groups is 1. The number of anilines is 1. The lowest BCUT2D eigenvalue weighted by atomic mass is 10.2. The summed E-state index contributed by atoms with van der Waals surface area (Å²) >= 11 is 0. The molecule has 1 amide bonds. The molecule has 1 heterocycles. The van der Waals surface area contributed by atoms with Gasteiger partial charge in [0.05, 0.1) is 0 Å². The SMILES string of the molecule is CC(CCCO)NC(=O)c1nc(N)n[nH]1. The molecular weight excluding hydrogens is 198 g/mol. The first-order valence-corrected chi connectivity index (χ1v) is 4.73. The molecule has 0 aliphatic rings. The molecule has 1 rings (SSSR count). The largest absolute Gasteiger partial charge is 0.396 e. The number of hydrogen-bond donors (Lipinski definition) is 4. The predicted molar refractivity (Wildman–Crippen MR) is 54.0 cm³/mol. The number of nitrogen functional groups attached to an aromatic ring is 1. The molecule has 0 saturated heterocycles. The Morgan fingerprint density at radius 2 is 2.47 bits per heavy atom. The van der Waals surface area contributed by atoms with E-state index in [4.69, 9.17) is 10.8 Å². The monoisotopic (exact) mass is 213 g/mol. The molecule has 0 aliphatic heterocycles. The van der Waals surface area contributed by atoms with Crippen molar-refractivity contribution in [1.82, 2.24) is 20.5 Å². The van der Waals surface area contributed by atoms with Gasteiger partial charge < -0.3 is 16.2 Å². The van der Waals surface area contributed by atoms with Crippen LogP contribution in [0, 0.1) is 0 Å². The number of carbonyl (C=O) groups is 1. The second-order valence-electron chi connectivity index (χ2n) is 3.28. The van der Waals surface area contributed by atoms with Crippen LogP contribution in [0.15, 0.2) is 0 Å². The topological polar surface area (TPSA) is 117 Å². The number of hydrogen-bond acceptors (Lipinski definition) is 5. The van der Waals surface area contributed by atoms with Gasteiger partial charge in [0, 0.05) is 12.6 Å². The maximum Gasteiger partial charge on any atom is 0.288 e. The Hall–Kier alpha value is -1.63. The van der Waals surface area contributed by atoms with Crippen LogP contribution in [0.3, 0.4) is 0 Å². The zero-order chi connectivity index (χ0) is 11.3. The Kier molecular flexibility index (Phi) is 4.04. The lowest BCUT2D eigenvalue weighted by molar-refractivity contribution is 0.0926. The predicted octanol–water partition coefficient (Wildman–Crippen LogP) is -0.722. The van der Waals surface area contributed by atoms with Gasteiger partial charge in [-0.15, -0.1) is 5.10 Å². The number of aromatic nitrogens is 3. The summed E-state index contributed by atoms with van der Waals surface area (Å²) in [6, 6.07) is -0.0176. The molecule has 84 valence electrons. The lowest BCUT2D eigenvalue weighted by Gasteiger charge is -2.11. The number of aromatic amines is 1. The molecule has 1 aromatic rings. The molecule has 0 fully saturated rings. The molecular formula is C8H15N5O2. The number of aliphatic hydroxyl groups excluding tert-OH is 1. The maximum atomic E-state index is 11.5. The molecule has 0 bridgehead atoms. The van der Waals surface area contributed by atoms with E-state index in [-0.39, 0.29) is 30.3 Å². The zero-order valence-electron chi connectivity index (χ0n) is 8.53. The van der Waals surface area contributed by atoms with E-state index < -0.39 is 0 Å². The zero-order valence-corrected chi connectivity index (χ0v) is 8.53. The van der Waals surface area contributed by atoms with E-state index in [2.05, 4.69) is 20.5 Å². The van der Waals surface area contributed by atoms with E-state index in [1.165, 1.54) is 0 Å². The van der Waals surface area contributed by atoms with Crippen LogP contribution in [0.2, 0.25) is 0 Å². The fraction of sp³-hybridized carbons (Fsp3) is 0.625. The van der Waals surface area contributed by atoms with Crippen LogP contribution in [-0.4, -0.2) is 38.8 Å². The highest BCUT2D eigenvalue weighted by Gasteiger charge is 2.12. The fourth-order valence-corrected chi connectivity index (χ4v) is 1.14. The van der Waals surface area contributed by atoms with E-state index >= 15 is 0 Å². The number of carbonyl (C=O) groups excluding carboxylic acids is 1. The summed E-state index contributed by atoms with van der Waals surface area (Å²) in [7, 11) is 0. The van der Waals surface area contributed by atoms with E-state index in [1.54, 1.807) is 0 Å². The number of nitrogens with one attached hydrogen (secondary N) is 2. The van der Waals surface area contributed by atoms with Crippen molar-refractivity contribution in [3.8, 4) is 0 Å². The van der Waals surface area contributed by atoms with Crippen LogP contribution in [0.1, 0.15) is 30.4 Å². The van der Waals surface area contributed by atoms with Crippen molar-refractivity contribution in [2.45, 2.75) is 25.8 Å². The Labute approximate surface area is 87.1 Å². The van der Waals surface area contributed by atoms with Crippen LogP contribution in [-0.2, 0) is 0 Å². The van der Waals surface area contributed by atoms with Gasteiger partial charge in [-0.2, -0.15) is 4.98 Å². The molecule has 1 unspecified atom stereocenters. The lowest BCUT2D eigenvalue weighted by Crippen LogP contribution is -2.33. The Balaban J connectivity index is 2.42. The summed E-state index contributed by atoms with van der Waals surface area (Å²) in [5.41, 5.74) is 5.26. The van der Waals surface area contributed by atoms with Gasteiger partial charge in [-0.3, -0.25) is 9.89 Å². The van der Waals surface area contributed by atoms with Crippen LogP contribution < -0.4 is 11.1 Å². The number of rotatable bonds is 5. The summed E-state index contributed by atoms with van der Waals surface area (Å²) < 4.78 is 0. The van der Waals surface area contributed by atoms with Gasteiger partial charge >= 0.3 is 0 Å². The number of nitrogens with two attached hydrogens (primary N) is 1. The molecule has 7 heteroatoms. The summed E-state index contributed by atoms with van der Waals surface area (Å²) in [6.45, 7) is 1.97. The van der Waals surface area contributed by atoms with E-state index in [0.29, 0.717) is 12.8 Å². The van der Waals surface area contributed by atoms with Crippen molar-refractivity contribution in [3.05, 3.63) is 5.82 Å². The average Bonchev–Trinajstić information content (AvgIpc) is 2.61. The average molecular weight is 213 g/mol. The van der Waals surface area contributed by atoms with Crippen molar-refractivity contribution >= 4 is 11.9 Å². The van der Waals surface area contributed by atoms with Crippen molar-refractivity contribution in [3.63, 3.8) is 0 Å². The number of amides is 1. The maximum absolute atomic E-state index is 11.5. The highest BCUT2D eigenvalue weighted by atomic mass is 16.3. The van der Waals surface area contributed by atoms with Gasteiger partial charge in [0.15, 0.2) is 0 Å². The van der Waals surface area contributed by atoms with Gasteiger partial charge in [-0.25, -0.2) is 0 Å². The van der Waals surface area contributed by atoms with Crippen LogP contribution in [0.5, 0.6) is 0 Å². The minimum Gasteiger partial charge on any atom is -0.396 e. The number of nitrogens with zero attached hydrogens (tertiary/aromatic N) is 2. The molecule has 1 atom stereocenters. The summed E-state index contributed by atoms with van der Waals surface area (Å²) in [4.78, 5) is 15.2. The third-order valence-electron chi connectivity index (χ3n) is 1.89. The molecule has 0 aromatic carbocycles. The van der Waals surface area contributed by atoms with Crippen molar-refractivity contribution in [1.29, 1.82) is 0 Å². The molecule has 15 heavy (non-hydrogen) atoms. The molecule has 1 aromatic heterocycles. The van der Waals surface area contributed by atoms with Crippen molar-refractivity contribution < 1.29 is 9.90 Å². The van der Waals surface area contributed by atoms with Crippen molar-refractivity contribution in [2.75, 3.05) is 12.3 Å². The third kappa shape index (κ3) is 3.55. The molecule has 7 nitrogen and oxygen atoms in total. The third-order valence-corrected chi connectivity index (χ3v) is 1.89. The minimum atomic E-state index is -0.343. The standard InChI is InChI=1S/C8H15N5O2/c1-5(3-2-4-14)10-7(15)6-11-8(9)13-12-6/h5,14H,2-4H2,1H3,(H,10,15)(H3,9,11,12,13).